The van der Waals surface area contributed by atoms with Crippen molar-refractivity contribution in [3.8, 4) is 0 Å². The molecule has 1 saturated carbocycles. The maximum atomic E-state index is 5.73. The summed E-state index contributed by atoms with van der Waals surface area (Å²) in [6, 6.07) is 8.81. The van der Waals surface area contributed by atoms with Crippen molar-refractivity contribution in [1.82, 2.24) is 0 Å². The molecular formula is C14H20BrN. The quantitative estimate of drug-likeness (QED) is 0.891. The number of hydrogen-bond donors (Lipinski definition) is 1. The van der Waals surface area contributed by atoms with Crippen molar-refractivity contribution in [3.05, 3.63) is 34.3 Å². The van der Waals surface area contributed by atoms with E-state index in [-0.39, 0.29) is 0 Å². The molecule has 1 aliphatic carbocycles. The summed E-state index contributed by atoms with van der Waals surface area (Å²) in [5, 5.41) is 0. The van der Waals surface area contributed by atoms with Gasteiger partial charge in [0.15, 0.2) is 0 Å². The van der Waals surface area contributed by atoms with Gasteiger partial charge in [0.05, 0.1) is 0 Å². The van der Waals surface area contributed by atoms with Gasteiger partial charge in [-0.05, 0) is 48.9 Å². The van der Waals surface area contributed by atoms with E-state index in [9.17, 15) is 0 Å². The average molecular weight is 282 g/mol. The highest BCUT2D eigenvalue weighted by molar-refractivity contribution is 9.10. The molecule has 2 N–H and O–H groups in total. The Balaban J connectivity index is 2.29. The second kappa shape index (κ2) is 4.15. The first-order valence-electron chi connectivity index (χ1n) is 5.98. The zero-order valence-corrected chi connectivity index (χ0v) is 11.7. The summed E-state index contributed by atoms with van der Waals surface area (Å²) in [6.45, 7) is 5.50. The predicted octanol–water partition coefficient (Wildman–Crippen LogP) is 3.86. The largest absolute Gasteiger partial charge is 0.330 e. The van der Waals surface area contributed by atoms with E-state index < -0.39 is 0 Å². The molecule has 16 heavy (non-hydrogen) atoms. The SMILES string of the molecule is CC(C)(CCN)C1(c2ccc(Br)cc2)CC1. The van der Waals surface area contributed by atoms with Crippen LogP contribution in [0.2, 0.25) is 0 Å². The Morgan fingerprint density at radius 3 is 2.25 bits per heavy atom. The van der Waals surface area contributed by atoms with E-state index in [0.29, 0.717) is 10.8 Å². The van der Waals surface area contributed by atoms with E-state index in [2.05, 4.69) is 54.0 Å². The summed E-state index contributed by atoms with van der Waals surface area (Å²) in [5.41, 5.74) is 7.91. The van der Waals surface area contributed by atoms with Crippen LogP contribution in [0, 0.1) is 5.41 Å². The van der Waals surface area contributed by atoms with Crippen LogP contribution in [0.3, 0.4) is 0 Å². The highest BCUT2D eigenvalue weighted by Crippen LogP contribution is 2.61. The van der Waals surface area contributed by atoms with Crippen LogP contribution in [0.4, 0.5) is 0 Å². The van der Waals surface area contributed by atoms with E-state index in [4.69, 9.17) is 5.73 Å². The first kappa shape index (κ1) is 12.1. The highest BCUT2D eigenvalue weighted by Gasteiger charge is 2.54. The molecule has 1 aromatic rings. The maximum Gasteiger partial charge on any atom is 0.0175 e. The number of benzene rings is 1. The Bertz CT molecular complexity index is 363. The van der Waals surface area contributed by atoms with Crippen molar-refractivity contribution in [2.45, 2.75) is 38.5 Å². The molecule has 0 aromatic heterocycles. The molecule has 0 saturated heterocycles. The summed E-state index contributed by atoms with van der Waals surface area (Å²) in [5.74, 6) is 0. The molecule has 0 unspecified atom stereocenters. The fourth-order valence-corrected chi connectivity index (χ4v) is 3.11. The third-order valence-electron chi connectivity index (χ3n) is 4.21. The van der Waals surface area contributed by atoms with Crippen LogP contribution in [0.25, 0.3) is 0 Å². The second-order valence-electron chi connectivity index (χ2n) is 5.51. The molecule has 88 valence electrons. The van der Waals surface area contributed by atoms with Crippen LogP contribution >= 0.6 is 15.9 Å². The molecular weight excluding hydrogens is 262 g/mol. The van der Waals surface area contributed by atoms with E-state index in [0.717, 1.165) is 17.4 Å². The van der Waals surface area contributed by atoms with E-state index in [1.807, 2.05) is 0 Å². The van der Waals surface area contributed by atoms with E-state index in [1.165, 1.54) is 18.4 Å². The Morgan fingerprint density at radius 1 is 1.25 bits per heavy atom. The minimum Gasteiger partial charge on any atom is -0.330 e. The highest BCUT2D eigenvalue weighted by atomic mass is 79.9. The lowest BCUT2D eigenvalue weighted by Gasteiger charge is -2.35. The molecule has 1 nitrogen and oxygen atoms in total. The number of nitrogens with two attached hydrogens (primary N) is 1. The first-order valence-corrected chi connectivity index (χ1v) is 6.77. The van der Waals surface area contributed by atoms with Crippen LogP contribution in [-0.2, 0) is 5.41 Å². The zero-order valence-electron chi connectivity index (χ0n) is 10.1. The van der Waals surface area contributed by atoms with Gasteiger partial charge in [0, 0.05) is 9.89 Å². The van der Waals surface area contributed by atoms with Crippen molar-refractivity contribution in [2.75, 3.05) is 6.54 Å². The average Bonchev–Trinajstić information content (AvgIpc) is 3.00. The molecule has 0 amide bonds. The normalized spacial score (nSPS) is 18.5. The van der Waals surface area contributed by atoms with Crippen LogP contribution < -0.4 is 5.73 Å². The summed E-state index contributed by atoms with van der Waals surface area (Å²) >= 11 is 3.49. The first-order chi connectivity index (χ1) is 7.52. The molecule has 2 heteroatoms. The predicted molar refractivity (Wildman–Crippen MR) is 72.5 cm³/mol. The fourth-order valence-electron chi connectivity index (χ4n) is 2.85. The molecule has 0 spiro atoms. The molecule has 1 fully saturated rings. The van der Waals surface area contributed by atoms with Crippen LogP contribution in [0.15, 0.2) is 28.7 Å². The van der Waals surface area contributed by atoms with Gasteiger partial charge in [-0.3, -0.25) is 0 Å². The van der Waals surface area contributed by atoms with Gasteiger partial charge in [0.25, 0.3) is 0 Å². The summed E-state index contributed by atoms with van der Waals surface area (Å²) in [7, 11) is 0. The topological polar surface area (TPSA) is 26.0 Å². The number of halogens is 1. The molecule has 0 atom stereocenters. The van der Waals surface area contributed by atoms with Gasteiger partial charge in [0.2, 0.25) is 0 Å². The van der Waals surface area contributed by atoms with Crippen LogP contribution in [0.1, 0.15) is 38.7 Å². The van der Waals surface area contributed by atoms with E-state index in [1.54, 1.807) is 0 Å². The monoisotopic (exact) mass is 281 g/mol. The van der Waals surface area contributed by atoms with Gasteiger partial charge < -0.3 is 5.73 Å². The lowest BCUT2D eigenvalue weighted by molar-refractivity contribution is 0.246. The Morgan fingerprint density at radius 2 is 1.81 bits per heavy atom. The summed E-state index contributed by atoms with van der Waals surface area (Å²) < 4.78 is 1.16. The minimum atomic E-state index is 0.315. The summed E-state index contributed by atoms with van der Waals surface area (Å²) in [6.07, 6.45) is 3.71. The van der Waals surface area contributed by atoms with Crippen LogP contribution in [-0.4, -0.2) is 6.54 Å². The second-order valence-corrected chi connectivity index (χ2v) is 6.43. The van der Waals surface area contributed by atoms with Gasteiger partial charge in [-0.2, -0.15) is 0 Å². The van der Waals surface area contributed by atoms with Crippen molar-refractivity contribution < 1.29 is 0 Å². The lowest BCUT2D eigenvalue weighted by atomic mass is 9.70. The van der Waals surface area contributed by atoms with Crippen molar-refractivity contribution >= 4 is 15.9 Å². The van der Waals surface area contributed by atoms with Gasteiger partial charge in [-0.25, -0.2) is 0 Å². The van der Waals surface area contributed by atoms with Crippen molar-refractivity contribution in [1.29, 1.82) is 0 Å². The lowest BCUT2D eigenvalue weighted by Crippen LogP contribution is -2.31. The van der Waals surface area contributed by atoms with Gasteiger partial charge in [-0.1, -0.05) is 41.9 Å². The Hall–Kier alpha value is -0.340. The minimum absolute atomic E-state index is 0.315. The Labute approximate surface area is 107 Å². The van der Waals surface area contributed by atoms with Crippen molar-refractivity contribution in [2.24, 2.45) is 11.1 Å². The molecule has 0 aliphatic heterocycles. The molecule has 2 rings (SSSR count). The third-order valence-corrected chi connectivity index (χ3v) is 4.74. The zero-order chi connectivity index (χ0) is 11.8. The molecule has 0 heterocycles. The van der Waals surface area contributed by atoms with Crippen molar-refractivity contribution in [3.63, 3.8) is 0 Å². The number of hydrogen-bond acceptors (Lipinski definition) is 1. The van der Waals surface area contributed by atoms with Gasteiger partial charge in [-0.15, -0.1) is 0 Å². The van der Waals surface area contributed by atoms with E-state index >= 15 is 0 Å². The Kier molecular flexibility index (Phi) is 3.15. The maximum absolute atomic E-state index is 5.73. The third kappa shape index (κ3) is 1.93. The smallest absolute Gasteiger partial charge is 0.0175 e. The van der Waals surface area contributed by atoms with Gasteiger partial charge >= 0.3 is 0 Å². The fraction of sp³-hybridized carbons (Fsp3) is 0.571. The van der Waals surface area contributed by atoms with Crippen LogP contribution in [0.5, 0.6) is 0 Å². The number of rotatable bonds is 4. The molecule has 0 bridgehead atoms. The summed E-state index contributed by atoms with van der Waals surface area (Å²) in [4.78, 5) is 0. The van der Waals surface area contributed by atoms with Gasteiger partial charge in [0.1, 0.15) is 0 Å². The molecule has 0 radical (unpaired) electrons. The molecule has 1 aromatic carbocycles. The molecule has 1 aliphatic rings. The standard InChI is InChI=1S/C14H20BrN/c1-13(2,9-10-16)14(7-8-14)11-3-5-12(15)6-4-11/h3-6H,7-10,16H2,1-2H3.